The number of ketones is 1. The summed E-state index contributed by atoms with van der Waals surface area (Å²) in [6.07, 6.45) is 6.02. The predicted octanol–water partition coefficient (Wildman–Crippen LogP) is 3.43. The van der Waals surface area contributed by atoms with Gasteiger partial charge in [0.15, 0.2) is 5.25 Å². The highest BCUT2D eigenvalue weighted by Crippen LogP contribution is 2.41. The fourth-order valence-corrected chi connectivity index (χ4v) is 6.43. The molecule has 0 bridgehead atoms. The van der Waals surface area contributed by atoms with Crippen molar-refractivity contribution in [3.05, 3.63) is 5.25 Å². The van der Waals surface area contributed by atoms with Gasteiger partial charge in [-0.1, -0.05) is 12.8 Å². The molecular formula is C15H25O4S3+. The van der Waals surface area contributed by atoms with E-state index in [0.29, 0.717) is 25.0 Å². The quantitative estimate of drug-likeness (QED) is 0.525. The highest BCUT2D eigenvalue weighted by molar-refractivity contribution is 8.08. The second-order valence-corrected chi connectivity index (χ2v) is 10.0. The van der Waals surface area contributed by atoms with Crippen molar-refractivity contribution >= 4 is 39.4 Å². The van der Waals surface area contributed by atoms with Crippen LogP contribution in [0.4, 0.5) is 0 Å². The molecule has 0 aromatic carbocycles. The van der Waals surface area contributed by atoms with Crippen molar-refractivity contribution in [1.82, 2.24) is 0 Å². The van der Waals surface area contributed by atoms with Crippen LogP contribution in [0.2, 0.25) is 0 Å². The Morgan fingerprint density at radius 1 is 1.27 bits per heavy atom. The molecule has 0 spiro atoms. The topological polar surface area (TPSA) is 71.4 Å². The second kappa shape index (κ2) is 8.85. The second-order valence-electron chi connectivity index (χ2n) is 6.14. The average molecular weight is 366 g/mol. The van der Waals surface area contributed by atoms with Gasteiger partial charge in [-0.05, 0) is 25.7 Å². The minimum Gasteiger partial charge on any atom is -0.299 e. The number of hydrogen-bond acceptors (Lipinski definition) is 5. The van der Waals surface area contributed by atoms with Crippen molar-refractivity contribution in [3.63, 3.8) is 0 Å². The lowest BCUT2D eigenvalue weighted by Crippen LogP contribution is -2.23. The molecule has 2 fully saturated rings. The van der Waals surface area contributed by atoms with Gasteiger partial charge < -0.3 is 0 Å². The Balaban J connectivity index is 1.89. The van der Waals surface area contributed by atoms with Crippen molar-refractivity contribution in [2.75, 3.05) is 23.0 Å². The molecule has 2 rings (SSSR count). The Morgan fingerprint density at radius 3 is 2.59 bits per heavy atom. The standard InChI is InChI=1S/C15H24O4S3/c16-14(12-4-1-2-5-12)10-13(6-3-9-22(17,18)19)15-11-20-7-8-21-15/h12-13H,1-11H2/p+1. The Kier molecular flexibility index (Phi) is 7.44. The summed E-state index contributed by atoms with van der Waals surface area (Å²) >= 11 is 3.74. The minimum atomic E-state index is -3.90. The van der Waals surface area contributed by atoms with E-state index in [1.54, 1.807) is 0 Å². The molecule has 0 amide bonds. The first-order valence-electron chi connectivity index (χ1n) is 8.00. The van der Waals surface area contributed by atoms with E-state index in [0.717, 1.165) is 42.9 Å². The molecule has 126 valence electrons. The summed E-state index contributed by atoms with van der Waals surface area (Å²) in [5.74, 6) is 3.75. The van der Waals surface area contributed by atoms with Gasteiger partial charge in [0.25, 0.3) is 10.1 Å². The Bertz CT molecular complexity index is 451. The first-order chi connectivity index (χ1) is 10.5. The first kappa shape index (κ1) is 18.5. The van der Waals surface area contributed by atoms with Gasteiger partial charge in [0.05, 0.1) is 23.9 Å². The van der Waals surface area contributed by atoms with Crippen molar-refractivity contribution in [2.45, 2.75) is 44.9 Å². The van der Waals surface area contributed by atoms with Crippen molar-refractivity contribution in [1.29, 1.82) is 0 Å². The maximum atomic E-state index is 12.5. The van der Waals surface area contributed by atoms with Crippen molar-refractivity contribution in [2.24, 2.45) is 11.8 Å². The van der Waals surface area contributed by atoms with Crippen LogP contribution in [0.3, 0.4) is 0 Å². The predicted molar refractivity (Wildman–Crippen MR) is 93.7 cm³/mol. The zero-order chi connectivity index (χ0) is 16.0. The van der Waals surface area contributed by atoms with Crippen molar-refractivity contribution < 1.29 is 17.8 Å². The first-order valence-corrected chi connectivity index (χ1v) is 11.7. The molecule has 0 aromatic heterocycles. The molecular weight excluding hydrogens is 340 g/mol. The van der Waals surface area contributed by atoms with Crippen LogP contribution >= 0.6 is 23.5 Å². The summed E-state index contributed by atoms with van der Waals surface area (Å²) in [6.45, 7) is 0. The van der Waals surface area contributed by atoms with Crippen LogP contribution in [0.1, 0.15) is 44.9 Å². The number of Topliss-reactive ketones (excluding diaryl/α,β-unsaturated/α-hetero) is 1. The molecule has 1 saturated heterocycles. The van der Waals surface area contributed by atoms with Gasteiger partial charge in [-0.15, -0.1) is 11.8 Å². The van der Waals surface area contributed by atoms with E-state index < -0.39 is 10.1 Å². The molecule has 4 nitrogen and oxygen atoms in total. The monoisotopic (exact) mass is 365 g/mol. The van der Waals surface area contributed by atoms with Crippen LogP contribution < -0.4 is 0 Å². The molecule has 7 heteroatoms. The molecule has 22 heavy (non-hydrogen) atoms. The summed E-state index contributed by atoms with van der Waals surface area (Å²) in [6, 6.07) is 0. The van der Waals surface area contributed by atoms with E-state index in [2.05, 4.69) is 0 Å². The Morgan fingerprint density at radius 2 is 2.00 bits per heavy atom. The van der Waals surface area contributed by atoms with E-state index in [1.807, 2.05) is 23.5 Å². The molecule has 1 aliphatic heterocycles. The van der Waals surface area contributed by atoms with Gasteiger partial charge >= 0.3 is 0 Å². The van der Waals surface area contributed by atoms with Gasteiger partial charge in [-0.25, -0.2) is 0 Å². The summed E-state index contributed by atoms with van der Waals surface area (Å²) < 4.78 is 30.7. The lowest BCUT2D eigenvalue weighted by Gasteiger charge is -2.20. The number of carbonyl (C=O) groups excluding carboxylic acids is 1. The fourth-order valence-electron chi connectivity index (χ4n) is 3.23. The molecule has 1 unspecified atom stereocenters. The van der Waals surface area contributed by atoms with Crippen LogP contribution in [0, 0.1) is 17.1 Å². The molecule has 1 aliphatic carbocycles. The molecule has 1 heterocycles. The Labute approximate surface area is 142 Å². The zero-order valence-electron chi connectivity index (χ0n) is 12.8. The highest BCUT2D eigenvalue weighted by Gasteiger charge is 2.38. The molecule has 1 N–H and O–H groups in total. The zero-order valence-corrected chi connectivity index (χ0v) is 15.3. The number of rotatable bonds is 8. The van der Waals surface area contributed by atoms with Crippen LogP contribution in [0.25, 0.3) is 0 Å². The van der Waals surface area contributed by atoms with E-state index in [-0.39, 0.29) is 17.6 Å². The average Bonchev–Trinajstić information content (AvgIpc) is 3.00. The maximum absolute atomic E-state index is 12.5. The molecule has 1 saturated carbocycles. The van der Waals surface area contributed by atoms with Crippen LogP contribution in [-0.2, 0) is 14.9 Å². The molecule has 0 aromatic rings. The maximum Gasteiger partial charge on any atom is 0.264 e. The molecule has 0 radical (unpaired) electrons. The third-order valence-electron chi connectivity index (χ3n) is 4.43. The summed E-state index contributed by atoms with van der Waals surface area (Å²) in [7, 11) is -3.90. The fraction of sp³-hybridized carbons (Fsp3) is 0.867. The van der Waals surface area contributed by atoms with Crippen LogP contribution in [0.5, 0.6) is 0 Å². The van der Waals surface area contributed by atoms with Crippen molar-refractivity contribution in [3.8, 4) is 0 Å². The third-order valence-corrected chi connectivity index (χ3v) is 7.94. The van der Waals surface area contributed by atoms with E-state index >= 15 is 0 Å². The van der Waals surface area contributed by atoms with Gasteiger partial charge in [-0.2, -0.15) is 8.42 Å². The van der Waals surface area contributed by atoms with E-state index in [4.69, 9.17) is 4.55 Å². The summed E-state index contributed by atoms with van der Waals surface area (Å²) in [4.78, 5) is 12.5. The smallest absolute Gasteiger partial charge is 0.264 e. The van der Waals surface area contributed by atoms with Gasteiger partial charge in [-0.3, -0.25) is 9.35 Å². The van der Waals surface area contributed by atoms with Crippen LogP contribution in [0.15, 0.2) is 0 Å². The van der Waals surface area contributed by atoms with Gasteiger partial charge in [0.2, 0.25) is 0 Å². The highest BCUT2D eigenvalue weighted by atomic mass is 32.2. The summed E-state index contributed by atoms with van der Waals surface area (Å²) in [5, 5.41) is 1.35. The van der Waals surface area contributed by atoms with E-state index in [9.17, 15) is 13.2 Å². The van der Waals surface area contributed by atoms with Gasteiger partial charge in [0.1, 0.15) is 17.5 Å². The number of thioether (sulfide) groups is 2. The Hall–Kier alpha value is 0.150. The normalized spacial score (nSPS) is 22.0. The molecule has 2 aliphatic rings. The largest absolute Gasteiger partial charge is 0.299 e. The number of hydrogen-bond donors (Lipinski definition) is 1. The lowest BCUT2D eigenvalue weighted by molar-refractivity contribution is -0.123. The number of carbonyl (C=O) groups is 1. The lowest BCUT2D eigenvalue weighted by atomic mass is 9.89. The molecule has 1 atom stereocenters. The summed E-state index contributed by atoms with van der Waals surface area (Å²) in [5.41, 5.74) is 0. The van der Waals surface area contributed by atoms with E-state index in [1.165, 1.54) is 5.25 Å². The van der Waals surface area contributed by atoms with Gasteiger partial charge in [0, 0.05) is 17.4 Å². The third kappa shape index (κ3) is 6.34. The minimum absolute atomic E-state index is 0.174. The SMILES string of the molecule is O=C(CC(CCCS(=O)(=O)O)[C+]1CSCCS1)C1CCCC1. The van der Waals surface area contributed by atoms with Crippen LogP contribution in [-0.4, -0.2) is 41.8 Å².